The van der Waals surface area contributed by atoms with Crippen LogP contribution in [0, 0.1) is 23.7 Å². The summed E-state index contributed by atoms with van der Waals surface area (Å²) in [5, 5.41) is 0. The summed E-state index contributed by atoms with van der Waals surface area (Å²) in [6.07, 6.45) is 33.9. The molecule has 3 heterocycles. The lowest BCUT2D eigenvalue weighted by Gasteiger charge is -2.43. The minimum atomic E-state index is 0.391. The van der Waals surface area contributed by atoms with Crippen molar-refractivity contribution < 1.29 is 0 Å². The second-order valence-corrected chi connectivity index (χ2v) is 15.5. The highest BCUT2D eigenvalue weighted by atomic mass is 32.1. The predicted molar refractivity (Wildman–Crippen MR) is 175 cm³/mol. The number of fused-ring (bicyclic) bond motifs is 9. The van der Waals surface area contributed by atoms with Crippen molar-refractivity contribution in [3.8, 4) is 0 Å². The highest BCUT2D eigenvalue weighted by molar-refractivity contribution is 7.13. The lowest BCUT2D eigenvalue weighted by Crippen LogP contribution is -2.41. The van der Waals surface area contributed by atoms with E-state index in [0.29, 0.717) is 35.9 Å². The van der Waals surface area contributed by atoms with Crippen LogP contribution in [0.3, 0.4) is 0 Å². The van der Waals surface area contributed by atoms with E-state index in [9.17, 15) is 0 Å². The van der Waals surface area contributed by atoms with Crippen molar-refractivity contribution in [3.63, 3.8) is 0 Å². The van der Waals surface area contributed by atoms with Crippen LogP contribution in [0.25, 0.3) is 6.08 Å². The Kier molecular flexibility index (Phi) is 5.88. The summed E-state index contributed by atoms with van der Waals surface area (Å²) < 4.78 is 0. The van der Waals surface area contributed by atoms with Gasteiger partial charge in [-0.15, -0.1) is 11.3 Å². The fourth-order valence-electron chi connectivity index (χ4n) is 10.2. The van der Waals surface area contributed by atoms with Crippen LogP contribution in [0.2, 0.25) is 0 Å². The van der Waals surface area contributed by atoms with Crippen LogP contribution in [0.5, 0.6) is 0 Å². The normalized spacial score (nSPS) is 34.4. The number of thiophene rings is 1. The number of rotatable bonds is 2. The van der Waals surface area contributed by atoms with E-state index in [1.807, 2.05) is 0 Å². The van der Waals surface area contributed by atoms with Crippen molar-refractivity contribution in [2.45, 2.75) is 97.3 Å². The van der Waals surface area contributed by atoms with Crippen molar-refractivity contribution in [1.29, 1.82) is 0 Å². The van der Waals surface area contributed by atoms with Gasteiger partial charge in [0.2, 0.25) is 0 Å². The third kappa shape index (κ3) is 3.68. The summed E-state index contributed by atoms with van der Waals surface area (Å²) >= 11 is 2.11. The van der Waals surface area contributed by atoms with E-state index in [1.54, 1.807) is 54.4 Å². The van der Waals surface area contributed by atoms with Crippen LogP contribution in [-0.4, -0.2) is 15.8 Å². The standard InChI is InChI=1S/C39H44N2S/c1-23-17-27-20-32-35(21-31(27)30-14-8-7-13-29(23)30)42-36-22-40-33-15-9-10-16-34(33)41(39(40)38(32)36)28-18-24(2)37(25(3)19-28)26-11-5-4-6-12-26/h7-9,11,13-15,17,21,24,27-30,39H,4-6,10,12,16,18-20,22H2,1-3H3. The van der Waals surface area contributed by atoms with Crippen LogP contribution in [0.1, 0.15) is 99.2 Å². The van der Waals surface area contributed by atoms with Crippen LogP contribution in [0.4, 0.5) is 0 Å². The molecule has 6 unspecified atom stereocenters. The van der Waals surface area contributed by atoms with Gasteiger partial charge in [0.15, 0.2) is 0 Å². The van der Waals surface area contributed by atoms with Gasteiger partial charge in [-0.25, -0.2) is 0 Å². The van der Waals surface area contributed by atoms with E-state index < -0.39 is 0 Å². The highest BCUT2D eigenvalue weighted by Crippen LogP contribution is 2.58. The Bertz CT molecular complexity index is 1610. The van der Waals surface area contributed by atoms with Gasteiger partial charge in [-0.1, -0.05) is 66.2 Å². The molecular formula is C39H44N2S. The highest BCUT2D eigenvalue weighted by Gasteiger charge is 2.50. The van der Waals surface area contributed by atoms with Gasteiger partial charge < -0.3 is 9.80 Å². The molecule has 2 nitrogen and oxygen atoms in total. The number of nitrogens with zero attached hydrogens (tertiary/aromatic N) is 2. The minimum absolute atomic E-state index is 0.391. The zero-order chi connectivity index (χ0) is 28.1. The van der Waals surface area contributed by atoms with Crippen molar-refractivity contribution in [1.82, 2.24) is 9.80 Å². The van der Waals surface area contributed by atoms with Crippen molar-refractivity contribution in [3.05, 3.63) is 109 Å². The molecule has 0 amide bonds. The fraction of sp³-hybridized carbons (Fsp3) is 0.487. The van der Waals surface area contributed by atoms with Crippen molar-refractivity contribution in [2.75, 3.05) is 0 Å². The largest absolute Gasteiger partial charge is 0.346 e. The summed E-state index contributed by atoms with van der Waals surface area (Å²) in [6, 6.07) is 0.590. The smallest absolute Gasteiger partial charge is 0.130 e. The molecule has 0 saturated carbocycles. The third-order valence-corrected chi connectivity index (χ3v) is 13.0. The molecule has 0 N–H and O–H groups in total. The maximum Gasteiger partial charge on any atom is 0.130 e. The van der Waals surface area contributed by atoms with Crippen molar-refractivity contribution >= 4 is 17.4 Å². The van der Waals surface area contributed by atoms with Crippen LogP contribution >= 0.6 is 11.3 Å². The average molecular weight is 573 g/mol. The molecule has 42 heavy (non-hydrogen) atoms. The molecule has 216 valence electrons. The van der Waals surface area contributed by atoms with E-state index in [0.717, 1.165) is 6.54 Å². The van der Waals surface area contributed by atoms with E-state index in [2.05, 4.69) is 96.6 Å². The molecule has 2 aliphatic heterocycles. The van der Waals surface area contributed by atoms with Gasteiger partial charge in [0.25, 0.3) is 0 Å². The minimum Gasteiger partial charge on any atom is -0.346 e. The molecule has 0 radical (unpaired) electrons. The maximum atomic E-state index is 2.97. The van der Waals surface area contributed by atoms with E-state index in [4.69, 9.17) is 0 Å². The first-order valence-corrected chi connectivity index (χ1v) is 17.6. The Morgan fingerprint density at radius 1 is 0.976 bits per heavy atom. The van der Waals surface area contributed by atoms with E-state index >= 15 is 0 Å². The summed E-state index contributed by atoms with van der Waals surface area (Å²) in [5.41, 5.74) is 14.8. The van der Waals surface area contributed by atoms with Crippen LogP contribution in [0.15, 0.2) is 87.9 Å². The first-order chi connectivity index (χ1) is 20.6. The number of allylic oxidation sites excluding steroid dienone is 13. The second-order valence-electron chi connectivity index (χ2n) is 14.3. The number of hydrogen-bond acceptors (Lipinski definition) is 3. The van der Waals surface area contributed by atoms with Gasteiger partial charge >= 0.3 is 0 Å². The van der Waals surface area contributed by atoms with Gasteiger partial charge in [-0.05, 0) is 106 Å². The van der Waals surface area contributed by atoms with Gasteiger partial charge in [0.1, 0.15) is 6.17 Å². The number of hydrogen-bond donors (Lipinski definition) is 0. The van der Waals surface area contributed by atoms with Crippen LogP contribution in [-0.2, 0) is 13.0 Å². The SMILES string of the molecule is CC1=CC2Cc3c(sc4c3C3N(C4)C4=C(CCC=C4)N3C3CC(C)=C(C4=CCCCC4)C(C)C3)C=C2C2C=CC=CC12. The summed E-state index contributed by atoms with van der Waals surface area (Å²) in [6.45, 7) is 8.46. The zero-order valence-corrected chi connectivity index (χ0v) is 26.4. The predicted octanol–water partition coefficient (Wildman–Crippen LogP) is 9.93. The van der Waals surface area contributed by atoms with Gasteiger partial charge in [-0.2, -0.15) is 0 Å². The summed E-state index contributed by atoms with van der Waals surface area (Å²) in [7, 11) is 0. The van der Waals surface area contributed by atoms with E-state index in [1.165, 1.54) is 63.5 Å². The lowest BCUT2D eigenvalue weighted by atomic mass is 9.66. The first-order valence-electron chi connectivity index (χ1n) is 16.8. The molecule has 1 aromatic rings. The third-order valence-electron chi connectivity index (χ3n) is 11.8. The Balaban J connectivity index is 1.11. The topological polar surface area (TPSA) is 6.48 Å². The molecule has 9 rings (SSSR count). The first kappa shape index (κ1) is 25.7. The molecule has 0 saturated heterocycles. The van der Waals surface area contributed by atoms with Gasteiger partial charge in [-0.3, -0.25) is 0 Å². The Hall–Kier alpha value is -2.78. The van der Waals surface area contributed by atoms with E-state index in [-0.39, 0.29) is 0 Å². The fourth-order valence-corrected chi connectivity index (χ4v) is 11.5. The Morgan fingerprint density at radius 3 is 2.69 bits per heavy atom. The summed E-state index contributed by atoms with van der Waals surface area (Å²) in [4.78, 5) is 8.97. The lowest BCUT2D eigenvalue weighted by molar-refractivity contribution is 0.0966. The average Bonchev–Trinajstić information content (AvgIpc) is 3.63. The van der Waals surface area contributed by atoms with Crippen LogP contribution < -0.4 is 0 Å². The molecule has 0 fully saturated rings. The second kappa shape index (κ2) is 9.61. The van der Waals surface area contributed by atoms with Gasteiger partial charge in [0.05, 0.1) is 12.2 Å². The molecule has 0 aromatic carbocycles. The molecule has 6 aliphatic carbocycles. The molecule has 0 bridgehead atoms. The molecule has 1 aromatic heterocycles. The Morgan fingerprint density at radius 2 is 1.86 bits per heavy atom. The quantitative estimate of drug-likeness (QED) is 0.325. The van der Waals surface area contributed by atoms with Crippen molar-refractivity contribution in [2.24, 2.45) is 23.7 Å². The molecule has 6 atom stereocenters. The summed E-state index contributed by atoms with van der Waals surface area (Å²) in [5.74, 6) is 2.29. The van der Waals surface area contributed by atoms with Gasteiger partial charge in [0, 0.05) is 44.8 Å². The Labute approximate surface area is 256 Å². The molecule has 8 aliphatic rings. The molecule has 3 heteroatoms. The molecular weight excluding hydrogens is 529 g/mol. The molecule has 0 spiro atoms. The maximum absolute atomic E-state index is 2.97. The zero-order valence-electron chi connectivity index (χ0n) is 25.5. The monoisotopic (exact) mass is 572 g/mol.